The summed E-state index contributed by atoms with van der Waals surface area (Å²) in [4.78, 5) is 2.62. The molecule has 46 heavy (non-hydrogen) atoms. The first-order chi connectivity index (χ1) is 22.8. The van der Waals surface area contributed by atoms with Crippen LogP contribution >= 0.6 is 0 Å². The van der Waals surface area contributed by atoms with Crippen molar-refractivity contribution in [2.45, 2.75) is 37.5 Å². The summed E-state index contributed by atoms with van der Waals surface area (Å²) in [7, 11) is 0. The minimum atomic E-state index is 0.0607. The fourth-order valence-electron chi connectivity index (χ4n) is 14.4. The first-order valence-electron chi connectivity index (χ1n) is 18.0. The Balaban J connectivity index is 1.19. The van der Waals surface area contributed by atoms with Crippen LogP contribution in [0.2, 0.25) is 0 Å². The van der Waals surface area contributed by atoms with E-state index >= 15 is 0 Å². The fourth-order valence-corrected chi connectivity index (χ4v) is 14.4. The van der Waals surface area contributed by atoms with E-state index in [1.807, 2.05) is 0 Å². The Morgan fingerprint density at radius 3 is 1.72 bits per heavy atom. The van der Waals surface area contributed by atoms with E-state index in [1.165, 1.54) is 65.0 Å². The minimum Gasteiger partial charge on any atom is -0.310 e. The first-order valence-corrected chi connectivity index (χ1v) is 18.0. The van der Waals surface area contributed by atoms with Gasteiger partial charge in [0.05, 0.1) is 11.4 Å². The van der Waals surface area contributed by atoms with Crippen molar-refractivity contribution in [3.63, 3.8) is 0 Å². The van der Waals surface area contributed by atoms with Crippen LogP contribution in [0, 0.1) is 52.8 Å². The number of hydrogen-bond donors (Lipinski definition) is 0. The standard InChI is InChI=1S/C45H39N/c1-4-10-28(11-5-1)30-16-18-40-37(22-30)45(32-24-36-34-20-27-21-35-42(34)39(25-32)44(36,26-27)43(35)45)38-23-31(29-12-6-2-7-13-29)17-19-41(38)46(40)33-14-8-3-9-15-33/h1-19,22-23,27,32,34-36,39,42-43H,20-21,24-26H2. The molecule has 8 saturated carbocycles. The quantitative estimate of drug-likeness (QED) is 0.201. The zero-order chi connectivity index (χ0) is 29.8. The SMILES string of the molecule is c1ccc(-c2ccc3c(c2)C2(c4cc(-c5ccccc5)ccc4N3c3ccccc3)C3CC4C5CC6CC7C5C(C3)C4(C6)C72)cc1. The van der Waals surface area contributed by atoms with Crippen LogP contribution in [0.25, 0.3) is 22.3 Å². The van der Waals surface area contributed by atoms with Crippen LogP contribution in [-0.4, -0.2) is 0 Å². The Morgan fingerprint density at radius 2 is 1.09 bits per heavy atom. The Kier molecular flexibility index (Phi) is 4.59. The normalized spacial score (nSPS) is 35.6. The maximum atomic E-state index is 2.69. The third kappa shape index (κ3) is 2.72. The summed E-state index contributed by atoms with van der Waals surface area (Å²) in [6.45, 7) is 0. The van der Waals surface area contributed by atoms with Crippen molar-refractivity contribution < 1.29 is 0 Å². The molecule has 224 valence electrons. The lowest BCUT2D eigenvalue weighted by atomic mass is 9.31. The van der Waals surface area contributed by atoms with E-state index in [0.717, 1.165) is 41.4 Å². The van der Waals surface area contributed by atoms with E-state index in [1.54, 1.807) is 17.5 Å². The summed E-state index contributed by atoms with van der Waals surface area (Å²) in [5.41, 5.74) is 13.4. The van der Waals surface area contributed by atoms with Gasteiger partial charge in [-0.05, 0) is 155 Å². The molecule has 1 heterocycles. The molecule has 9 bridgehead atoms. The van der Waals surface area contributed by atoms with Gasteiger partial charge < -0.3 is 4.90 Å². The van der Waals surface area contributed by atoms with Crippen LogP contribution in [0.1, 0.15) is 43.2 Å². The fraction of sp³-hybridized carbons (Fsp3) is 0.333. The highest BCUT2D eigenvalue weighted by atomic mass is 15.2. The van der Waals surface area contributed by atoms with Crippen molar-refractivity contribution in [3.8, 4) is 22.3 Å². The van der Waals surface area contributed by atoms with Crippen molar-refractivity contribution in [1.29, 1.82) is 0 Å². The molecule has 8 fully saturated rings. The Hall–Kier alpha value is -4.10. The molecule has 5 aromatic carbocycles. The molecule has 1 heteroatoms. The van der Waals surface area contributed by atoms with Gasteiger partial charge in [-0.3, -0.25) is 0 Å². The molecular formula is C45H39N. The minimum absolute atomic E-state index is 0.0607. The van der Waals surface area contributed by atoms with Crippen LogP contribution in [-0.2, 0) is 5.41 Å². The Labute approximate surface area is 272 Å². The van der Waals surface area contributed by atoms with E-state index in [-0.39, 0.29) is 5.41 Å². The van der Waals surface area contributed by atoms with Gasteiger partial charge in [0.2, 0.25) is 0 Å². The van der Waals surface area contributed by atoms with Gasteiger partial charge in [0.15, 0.2) is 0 Å². The van der Waals surface area contributed by atoms with Crippen molar-refractivity contribution in [2.75, 3.05) is 4.90 Å². The zero-order valence-electron chi connectivity index (χ0n) is 26.2. The summed E-state index contributed by atoms with van der Waals surface area (Å²) in [5, 5.41) is 0. The summed E-state index contributed by atoms with van der Waals surface area (Å²) >= 11 is 0. The van der Waals surface area contributed by atoms with E-state index in [4.69, 9.17) is 0 Å². The van der Waals surface area contributed by atoms with Crippen LogP contribution in [0.5, 0.6) is 0 Å². The van der Waals surface area contributed by atoms with E-state index in [9.17, 15) is 0 Å². The lowest BCUT2D eigenvalue weighted by Crippen LogP contribution is -2.68. The third-order valence-corrected chi connectivity index (χ3v) is 15.0. The predicted octanol–water partition coefficient (Wildman–Crippen LogP) is 11.0. The van der Waals surface area contributed by atoms with Crippen LogP contribution < -0.4 is 4.90 Å². The summed E-state index contributed by atoms with van der Waals surface area (Å²) in [6, 6.07) is 48.8. The predicted molar refractivity (Wildman–Crippen MR) is 186 cm³/mol. The molecule has 0 N–H and O–H groups in total. The van der Waals surface area contributed by atoms with E-state index < -0.39 is 0 Å². The highest BCUT2D eigenvalue weighted by Gasteiger charge is 2.85. The number of benzene rings is 5. The van der Waals surface area contributed by atoms with Gasteiger partial charge in [0.25, 0.3) is 0 Å². The molecule has 2 spiro atoms. The number of fused-ring (bicyclic) bond motifs is 2. The summed E-state index contributed by atoms with van der Waals surface area (Å²) in [5.74, 6) is 7.38. The van der Waals surface area contributed by atoms with Gasteiger partial charge in [0.1, 0.15) is 0 Å². The highest BCUT2D eigenvalue weighted by molar-refractivity contribution is 5.90. The van der Waals surface area contributed by atoms with Crippen molar-refractivity contribution in [2.24, 2.45) is 52.8 Å². The molecule has 9 unspecified atom stereocenters. The molecule has 0 saturated heterocycles. The van der Waals surface area contributed by atoms with Gasteiger partial charge in [0, 0.05) is 11.1 Å². The molecule has 14 rings (SSSR count). The number of anilines is 3. The lowest BCUT2D eigenvalue weighted by Gasteiger charge is -2.73. The third-order valence-electron chi connectivity index (χ3n) is 15.0. The Bertz CT molecular complexity index is 1960. The maximum absolute atomic E-state index is 2.69. The zero-order valence-corrected chi connectivity index (χ0v) is 26.2. The molecule has 5 aromatic rings. The number of para-hydroxylation sites is 1. The summed E-state index contributed by atoms with van der Waals surface area (Å²) < 4.78 is 0. The van der Waals surface area contributed by atoms with Crippen LogP contribution in [0.3, 0.4) is 0 Å². The van der Waals surface area contributed by atoms with E-state index in [0.29, 0.717) is 11.3 Å². The number of hydrogen-bond acceptors (Lipinski definition) is 1. The average Bonchev–Trinajstić information content (AvgIpc) is 3.27. The monoisotopic (exact) mass is 593 g/mol. The molecule has 1 nitrogen and oxygen atoms in total. The molecule has 9 aliphatic rings. The highest BCUT2D eigenvalue weighted by Crippen LogP contribution is 2.90. The average molecular weight is 594 g/mol. The van der Waals surface area contributed by atoms with Gasteiger partial charge in [-0.15, -0.1) is 0 Å². The van der Waals surface area contributed by atoms with Crippen LogP contribution in [0.4, 0.5) is 17.1 Å². The largest absolute Gasteiger partial charge is 0.310 e. The molecule has 0 aromatic heterocycles. The first kappa shape index (κ1) is 25.0. The van der Waals surface area contributed by atoms with Crippen LogP contribution in [0.15, 0.2) is 127 Å². The number of rotatable bonds is 3. The topological polar surface area (TPSA) is 3.24 Å². The molecule has 8 aliphatic carbocycles. The molecule has 0 radical (unpaired) electrons. The second kappa shape index (κ2) is 8.43. The van der Waals surface area contributed by atoms with Crippen molar-refractivity contribution >= 4 is 17.1 Å². The molecule has 1 aliphatic heterocycles. The van der Waals surface area contributed by atoms with Crippen molar-refractivity contribution in [1.82, 2.24) is 0 Å². The van der Waals surface area contributed by atoms with Crippen molar-refractivity contribution in [3.05, 3.63) is 139 Å². The second-order valence-electron chi connectivity index (χ2n) is 16.2. The van der Waals surface area contributed by atoms with Gasteiger partial charge in [-0.2, -0.15) is 0 Å². The molecule has 0 amide bonds. The lowest BCUT2D eigenvalue weighted by molar-refractivity contribution is -0.194. The smallest absolute Gasteiger partial charge is 0.0503 e. The number of nitrogens with zero attached hydrogens (tertiary/aromatic N) is 1. The molecule has 9 atom stereocenters. The maximum Gasteiger partial charge on any atom is 0.0503 e. The van der Waals surface area contributed by atoms with Gasteiger partial charge >= 0.3 is 0 Å². The van der Waals surface area contributed by atoms with Gasteiger partial charge in [-0.1, -0.05) is 91.0 Å². The second-order valence-corrected chi connectivity index (χ2v) is 16.2. The molecular weight excluding hydrogens is 555 g/mol. The summed E-state index contributed by atoms with van der Waals surface area (Å²) in [6.07, 6.45) is 7.47. The Morgan fingerprint density at radius 1 is 0.522 bits per heavy atom. The van der Waals surface area contributed by atoms with E-state index in [2.05, 4.69) is 132 Å². The van der Waals surface area contributed by atoms with Gasteiger partial charge in [-0.25, -0.2) is 0 Å².